The Labute approximate surface area is 151 Å². The summed E-state index contributed by atoms with van der Waals surface area (Å²) < 4.78 is 7.31. The van der Waals surface area contributed by atoms with Crippen molar-refractivity contribution < 1.29 is 19.2 Å². The first-order chi connectivity index (χ1) is 12.5. The molecule has 3 aromatic rings. The molecule has 0 spiro atoms. The third-order valence-electron chi connectivity index (χ3n) is 4.08. The molecule has 136 valence electrons. The molecule has 1 N–H and O–H groups in total. The molecule has 7 nitrogen and oxygen atoms in total. The van der Waals surface area contributed by atoms with Crippen molar-refractivity contribution in [1.82, 2.24) is 14.8 Å². The number of rotatable bonds is 6. The molecule has 0 aliphatic carbocycles. The predicted molar refractivity (Wildman–Crippen MR) is 98.2 cm³/mol. The molecule has 0 saturated heterocycles. The number of carbonyl (C=O) groups is 2. The first-order valence-electron chi connectivity index (χ1n) is 8.21. The number of hydrogen-bond acceptors (Lipinski definition) is 5. The van der Waals surface area contributed by atoms with E-state index in [9.17, 15) is 9.59 Å². The summed E-state index contributed by atoms with van der Waals surface area (Å²) in [4.78, 5) is 31.3. The maximum atomic E-state index is 12.7. The molecule has 1 aromatic carbocycles. The number of nitrogens with zero attached hydrogens (tertiary/aromatic N) is 2. The Morgan fingerprint density at radius 3 is 2.69 bits per heavy atom. The highest BCUT2D eigenvalue weighted by Gasteiger charge is 2.20. The topological polar surface area (TPSA) is 72.3 Å². The molecule has 2 heterocycles. The molecule has 3 rings (SSSR count). The number of carbonyl (C=O) groups excluding carboxylic acids is 2. The zero-order chi connectivity index (χ0) is 18.7. The van der Waals surface area contributed by atoms with E-state index < -0.39 is 0 Å². The number of hydrogen-bond donors (Lipinski definition) is 1. The molecule has 7 heteroatoms. The molecular formula is C19H21N3O4. The second kappa shape index (κ2) is 7.55. The lowest BCUT2D eigenvalue weighted by molar-refractivity contribution is 0.0485. The van der Waals surface area contributed by atoms with Crippen LogP contribution >= 0.6 is 0 Å². The third-order valence-corrected chi connectivity index (χ3v) is 4.08. The van der Waals surface area contributed by atoms with Gasteiger partial charge in [-0.1, -0.05) is 12.1 Å². The molecular weight excluding hydrogens is 334 g/mol. The van der Waals surface area contributed by atoms with Crippen LogP contribution in [0.25, 0.3) is 16.4 Å². The van der Waals surface area contributed by atoms with Gasteiger partial charge < -0.3 is 14.0 Å². The third kappa shape index (κ3) is 3.40. The van der Waals surface area contributed by atoms with Gasteiger partial charge in [0, 0.05) is 23.7 Å². The molecule has 0 aliphatic heterocycles. The van der Waals surface area contributed by atoms with E-state index in [1.807, 2.05) is 47.8 Å². The zero-order valence-corrected chi connectivity index (χ0v) is 15.0. The van der Waals surface area contributed by atoms with Crippen molar-refractivity contribution in [2.24, 2.45) is 0 Å². The molecule has 26 heavy (non-hydrogen) atoms. The second-order valence-corrected chi connectivity index (χ2v) is 6.14. The van der Waals surface area contributed by atoms with Gasteiger partial charge in [0.2, 0.25) is 0 Å². The molecule has 0 bridgehead atoms. The van der Waals surface area contributed by atoms with Gasteiger partial charge in [-0.25, -0.2) is 10.3 Å². The Bertz CT molecular complexity index is 962. The minimum absolute atomic E-state index is 0.311. The summed E-state index contributed by atoms with van der Waals surface area (Å²) >= 11 is 0. The van der Waals surface area contributed by atoms with Gasteiger partial charge in [0.15, 0.2) is 0 Å². The van der Waals surface area contributed by atoms with Crippen LogP contribution in [0, 0.1) is 0 Å². The van der Waals surface area contributed by atoms with E-state index in [2.05, 4.69) is 10.3 Å². The highest BCUT2D eigenvalue weighted by Crippen LogP contribution is 2.28. The number of benzene rings is 1. The number of aromatic nitrogens is 1. The number of likely N-dealkylation sites (N-methyl/N-ethyl adjacent to an activating group) is 1. The molecule has 0 fully saturated rings. The predicted octanol–water partition coefficient (Wildman–Crippen LogP) is 2.10. The Kier molecular flexibility index (Phi) is 5.20. The Morgan fingerprint density at radius 1 is 1.15 bits per heavy atom. The van der Waals surface area contributed by atoms with E-state index in [1.54, 1.807) is 18.2 Å². The number of pyridine rings is 1. The Morgan fingerprint density at radius 2 is 1.96 bits per heavy atom. The monoisotopic (exact) mass is 355 g/mol. The molecule has 1 amide bonds. The van der Waals surface area contributed by atoms with Crippen molar-refractivity contribution in [3.05, 3.63) is 53.7 Å². The van der Waals surface area contributed by atoms with Gasteiger partial charge >= 0.3 is 5.97 Å². The van der Waals surface area contributed by atoms with Gasteiger partial charge in [-0.05, 0) is 38.4 Å². The number of nitrogens with one attached hydrogen (secondary N) is 1. The normalized spacial score (nSPS) is 11.2. The molecule has 0 atom stereocenters. The summed E-state index contributed by atoms with van der Waals surface area (Å²) in [5.74, 6) is -0.727. The maximum absolute atomic E-state index is 12.7. The van der Waals surface area contributed by atoms with E-state index in [0.717, 1.165) is 16.4 Å². The van der Waals surface area contributed by atoms with Crippen LogP contribution < -0.4 is 5.48 Å². The standard InChI is InChI=1S/C19H21N3O4/c1-21(2)10-11-26-19(24)17-14-8-7-13(18(23)20-25-3)12-16(14)22-9-5-4-6-15(17)22/h4-9,12H,10-11H2,1-3H3,(H,20,23). The minimum Gasteiger partial charge on any atom is -0.461 e. The van der Waals surface area contributed by atoms with Crippen LogP contribution in [-0.2, 0) is 9.57 Å². The van der Waals surface area contributed by atoms with Gasteiger partial charge in [0.05, 0.1) is 23.7 Å². The van der Waals surface area contributed by atoms with E-state index in [1.165, 1.54) is 7.11 Å². The van der Waals surface area contributed by atoms with Gasteiger partial charge in [0.25, 0.3) is 5.91 Å². The van der Waals surface area contributed by atoms with Crippen molar-refractivity contribution in [1.29, 1.82) is 0 Å². The van der Waals surface area contributed by atoms with Crippen LogP contribution in [0.2, 0.25) is 0 Å². The van der Waals surface area contributed by atoms with Crippen molar-refractivity contribution in [2.45, 2.75) is 0 Å². The first-order valence-corrected chi connectivity index (χ1v) is 8.21. The number of ether oxygens (including phenoxy) is 1. The van der Waals surface area contributed by atoms with Crippen LogP contribution in [0.1, 0.15) is 20.7 Å². The number of fused-ring (bicyclic) bond motifs is 3. The van der Waals surface area contributed by atoms with Crippen molar-refractivity contribution in [2.75, 3.05) is 34.4 Å². The van der Waals surface area contributed by atoms with Crippen LogP contribution in [0.3, 0.4) is 0 Å². The van der Waals surface area contributed by atoms with Crippen LogP contribution in [0.15, 0.2) is 42.6 Å². The van der Waals surface area contributed by atoms with Crippen molar-refractivity contribution in [3.8, 4) is 0 Å². The summed E-state index contributed by atoms with van der Waals surface area (Å²) in [6.07, 6.45) is 1.85. The van der Waals surface area contributed by atoms with Crippen LogP contribution in [0.5, 0.6) is 0 Å². The fraction of sp³-hybridized carbons (Fsp3) is 0.263. The summed E-state index contributed by atoms with van der Waals surface area (Å²) in [5.41, 5.74) is 4.73. The first kappa shape index (κ1) is 17.9. The zero-order valence-electron chi connectivity index (χ0n) is 15.0. The summed E-state index contributed by atoms with van der Waals surface area (Å²) in [6.45, 7) is 0.961. The Balaban J connectivity index is 2.07. The van der Waals surface area contributed by atoms with Crippen molar-refractivity contribution in [3.63, 3.8) is 0 Å². The average molecular weight is 355 g/mol. The van der Waals surface area contributed by atoms with Crippen LogP contribution in [-0.4, -0.2) is 55.5 Å². The van der Waals surface area contributed by atoms with E-state index >= 15 is 0 Å². The van der Waals surface area contributed by atoms with Gasteiger partial charge in [-0.3, -0.25) is 9.63 Å². The number of amides is 1. The summed E-state index contributed by atoms with van der Waals surface area (Å²) in [6, 6.07) is 10.7. The average Bonchev–Trinajstić information content (AvgIpc) is 2.95. The summed E-state index contributed by atoms with van der Waals surface area (Å²) in [5, 5.41) is 0.736. The largest absolute Gasteiger partial charge is 0.461 e. The van der Waals surface area contributed by atoms with E-state index in [-0.39, 0.29) is 11.9 Å². The van der Waals surface area contributed by atoms with Gasteiger partial charge in [-0.15, -0.1) is 0 Å². The van der Waals surface area contributed by atoms with E-state index in [4.69, 9.17) is 4.74 Å². The molecule has 2 aromatic heterocycles. The molecule has 0 radical (unpaired) electrons. The highest BCUT2D eigenvalue weighted by molar-refractivity contribution is 6.12. The van der Waals surface area contributed by atoms with Crippen LogP contribution in [0.4, 0.5) is 0 Å². The van der Waals surface area contributed by atoms with Gasteiger partial charge in [-0.2, -0.15) is 0 Å². The lowest BCUT2D eigenvalue weighted by atomic mass is 10.1. The quantitative estimate of drug-likeness (QED) is 0.542. The smallest absolute Gasteiger partial charge is 0.341 e. The van der Waals surface area contributed by atoms with E-state index in [0.29, 0.717) is 24.3 Å². The SMILES string of the molecule is CONC(=O)c1ccc2c(C(=O)OCCN(C)C)c3ccccn3c2c1. The van der Waals surface area contributed by atoms with Gasteiger partial charge in [0.1, 0.15) is 6.61 Å². The highest BCUT2D eigenvalue weighted by atomic mass is 16.6. The lowest BCUT2D eigenvalue weighted by Gasteiger charge is -2.09. The summed E-state index contributed by atoms with van der Waals surface area (Å²) in [7, 11) is 5.22. The number of esters is 1. The number of hydroxylamine groups is 1. The maximum Gasteiger partial charge on any atom is 0.341 e. The second-order valence-electron chi connectivity index (χ2n) is 6.14. The molecule has 0 saturated carbocycles. The molecule has 0 aliphatic rings. The van der Waals surface area contributed by atoms with Crippen molar-refractivity contribution >= 4 is 28.3 Å². The molecule has 0 unspecified atom stereocenters. The minimum atomic E-state index is -0.375. The fourth-order valence-electron chi connectivity index (χ4n) is 2.84. The fourth-order valence-corrected chi connectivity index (χ4v) is 2.84. The Hall–Kier alpha value is -2.90. The lowest BCUT2D eigenvalue weighted by Crippen LogP contribution is -2.21.